The van der Waals surface area contributed by atoms with E-state index in [-0.39, 0.29) is 75.3 Å². The topological polar surface area (TPSA) is 312 Å². The minimum atomic E-state index is -2.28. The van der Waals surface area contributed by atoms with Crippen molar-refractivity contribution in [3.05, 3.63) is 12.2 Å². The summed E-state index contributed by atoms with van der Waals surface area (Å²) in [5, 5.41) is 33.9. The highest BCUT2D eigenvalue weighted by Gasteiger charge is 2.55. The summed E-state index contributed by atoms with van der Waals surface area (Å²) < 4.78 is 6.81. The molecule has 2 aliphatic heterocycles. The molecular formula is C68H122N12O14. The van der Waals surface area contributed by atoms with Gasteiger partial charge in [-0.05, 0) is 101 Å². The van der Waals surface area contributed by atoms with Crippen LogP contribution in [-0.2, 0) is 57.5 Å². The van der Waals surface area contributed by atoms with E-state index >= 15 is 19.2 Å². The molecule has 6 N–H and O–H groups in total. The highest BCUT2D eigenvalue weighted by molar-refractivity contribution is 6.00. The zero-order valence-corrected chi connectivity index (χ0v) is 61.4. The van der Waals surface area contributed by atoms with Crippen LogP contribution >= 0.6 is 0 Å². The van der Waals surface area contributed by atoms with Gasteiger partial charge >= 0.3 is 0 Å². The number of carbonyl (C=O) groups is 11. The smallest absolute Gasteiger partial charge is 0.276 e. The fourth-order valence-electron chi connectivity index (χ4n) is 12.3. The highest BCUT2D eigenvalue weighted by Crippen LogP contribution is 2.33. The molecule has 0 aromatic heterocycles. The van der Waals surface area contributed by atoms with Gasteiger partial charge in [0.25, 0.3) is 5.91 Å². The average molecular weight is 1330 g/mol. The Hall–Kier alpha value is -6.25. The van der Waals surface area contributed by atoms with Crippen molar-refractivity contribution in [2.45, 2.75) is 235 Å². The van der Waals surface area contributed by atoms with Crippen LogP contribution in [-0.4, -0.2) is 269 Å². The molecule has 2 rings (SSSR count). The van der Waals surface area contributed by atoms with Crippen molar-refractivity contribution in [2.24, 2.45) is 41.4 Å². The van der Waals surface area contributed by atoms with Gasteiger partial charge in [0.2, 0.25) is 64.8 Å². The first-order valence-corrected chi connectivity index (χ1v) is 34.0. The van der Waals surface area contributed by atoms with Gasteiger partial charge in [-0.15, -0.1) is 0 Å². The van der Waals surface area contributed by atoms with Crippen molar-refractivity contribution in [1.29, 1.82) is 0 Å². The number of aliphatic hydroxyl groups excluding tert-OH is 2. The van der Waals surface area contributed by atoms with Crippen LogP contribution in [0.2, 0.25) is 0 Å². The zero-order valence-electron chi connectivity index (χ0n) is 61.4. The summed E-state index contributed by atoms with van der Waals surface area (Å²) in [6, 6.07) is -11.6. The Bertz CT molecular complexity index is 2600. The fourth-order valence-corrected chi connectivity index (χ4v) is 12.3. The minimum absolute atomic E-state index is 0.0231. The molecule has 26 nitrogen and oxygen atoms in total. The first-order chi connectivity index (χ1) is 43.5. The number of likely N-dealkylation sites (N-methyl/N-ethyl adjacent to an activating group) is 7. The molecule has 11 amide bonds. The van der Waals surface area contributed by atoms with E-state index in [9.17, 15) is 43.8 Å². The Labute approximate surface area is 561 Å². The molecule has 0 aromatic carbocycles. The summed E-state index contributed by atoms with van der Waals surface area (Å²) in [5.74, 6) is -10.9. The molecule has 94 heavy (non-hydrogen) atoms. The molecule has 2 aliphatic rings. The molecule has 2 saturated heterocycles. The lowest BCUT2D eigenvalue weighted by atomic mass is 9.89. The summed E-state index contributed by atoms with van der Waals surface area (Å²) in [6.45, 7) is 29.9. The van der Waals surface area contributed by atoms with Gasteiger partial charge in [-0.25, -0.2) is 0 Å². The molecule has 0 saturated carbocycles. The van der Waals surface area contributed by atoms with Gasteiger partial charge in [0.1, 0.15) is 54.4 Å². The Balaban J connectivity index is 3.13. The molecule has 13 atom stereocenters. The molecule has 2 heterocycles. The van der Waals surface area contributed by atoms with Crippen molar-refractivity contribution in [2.75, 3.05) is 82.1 Å². The first kappa shape index (κ1) is 83.8. The molecule has 538 valence electrons. The summed E-state index contributed by atoms with van der Waals surface area (Å²) in [4.78, 5) is 174. The van der Waals surface area contributed by atoms with Crippen LogP contribution in [0, 0.1) is 41.4 Å². The predicted octanol–water partition coefficient (Wildman–Crippen LogP) is 2.68. The summed E-state index contributed by atoms with van der Waals surface area (Å²) in [6.07, 6.45) is 2.54. The molecule has 26 heteroatoms. The summed E-state index contributed by atoms with van der Waals surface area (Å²) in [5.41, 5.74) is -2.28. The molecule has 0 radical (unpaired) electrons. The number of aliphatic hydroxyl groups is 2. The predicted molar refractivity (Wildman–Crippen MR) is 360 cm³/mol. The van der Waals surface area contributed by atoms with Crippen LogP contribution in [0.4, 0.5) is 0 Å². The third-order valence-corrected chi connectivity index (χ3v) is 18.3. The van der Waals surface area contributed by atoms with Gasteiger partial charge in [-0.3, -0.25) is 57.6 Å². The van der Waals surface area contributed by atoms with Gasteiger partial charge < -0.3 is 70.5 Å². The second-order valence-electron chi connectivity index (χ2n) is 28.8. The van der Waals surface area contributed by atoms with E-state index in [2.05, 4.69) is 21.3 Å². The number of ether oxygens (including phenoxy) is 1. The van der Waals surface area contributed by atoms with Gasteiger partial charge in [0, 0.05) is 74.9 Å². The van der Waals surface area contributed by atoms with Crippen molar-refractivity contribution in [1.82, 2.24) is 60.5 Å². The van der Waals surface area contributed by atoms with Crippen LogP contribution in [0.1, 0.15) is 163 Å². The van der Waals surface area contributed by atoms with E-state index in [1.807, 2.05) is 60.3 Å². The number of β-amino-alcohol motifs (C(OH)–C–C–N with tert-alkyl or cyclic N) is 1. The Kier molecular flexibility index (Phi) is 33.8. The SMILES string of the molecule is C/C=C/C[C@@H](C)[C@@H](O)[C@H]1C(=O)N[C@@H](CC)C(=O)N(C)CC(=O)N(C)[C@@H](CC(C)C)C(=O)N[C@@H](C(C)C)C(=O)N(C)[C@@H](CC(C)C)C(=O)N[C@@H](C)C(=O)N[C@H](C)C(=O)N(C)[C@@H](CC(C)C)C(=O)N(C)[C@@H](CC(C)C)C(=O)N(C)[C@](OCCN2CCC(O)C2)(C(C)C)C(=O)N1C. The monoisotopic (exact) mass is 1330 g/mol. The van der Waals surface area contributed by atoms with Crippen LogP contribution in [0.15, 0.2) is 12.2 Å². The number of allylic oxidation sites excluding steroid dienone is 2. The lowest BCUT2D eigenvalue weighted by Gasteiger charge is -2.48. The second-order valence-corrected chi connectivity index (χ2v) is 28.8. The number of hydrogen-bond donors (Lipinski definition) is 6. The van der Waals surface area contributed by atoms with Crippen LogP contribution in [0.3, 0.4) is 0 Å². The molecule has 0 bridgehead atoms. The van der Waals surface area contributed by atoms with Gasteiger partial charge in [-0.2, -0.15) is 0 Å². The second kappa shape index (κ2) is 37.9. The van der Waals surface area contributed by atoms with E-state index in [1.54, 1.807) is 60.6 Å². The zero-order chi connectivity index (χ0) is 72.3. The van der Waals surface area contributed by atoms with Crippen molar-refractivity contribution in [3.63, 3.8) is 0 Å². The molecule has 0 spiro atoms. The molecule has 2 fully saturated rings. The maximum Gasteiger partial charge on any atom is 0.276 e. The van der Waals surface area contributed by atoms with Crippen LogP contribution in [0.25, 0.3) is 0 Å². The van der Waals surface area contributed by atoms with Gasteiger partial charge in [0.05, 0.1) is 25.4 Å². The van der Waals surface area contributed by atoms with E-state index < -0.39 is 162 Å². The van der Waals surface area contributed by atoms with E-state index in [1.165, 1.54) is 82.8 Å². The average Bonchev–Trinajstić information content (AvgIpc) is 0.790. The van der Waals surface area contributed by atoms with Gasteiger partial charge in [-0.1, -0.05) is 109 Å². The van der Waals surface area contributed by atoms with Crippen molar-refractivity contribution < 1.29 is 67.7 Å². The number of hydrogen-bond acceptors (Lipinski definition) is 15. The van der Waals surface area contributed by atoms with Gasteiger partial charge in [0.15, 0.2) is 0 Å². The lowest BCUT2D eigenvalue weighted by molar-refractivity contribution is -0.209. The van der Waals surface area contributed by atoms with Crippen LogP contribution in [0.5, 0.6) is 0 Å². The largest absolute Gasteiger partial charge is 0.392 e. The number of rotatable bonds is 19. The molecule has 1 unspecified atom stereocenters. The standard InChI is InChI=1S/C68H122N12O14/c1-25-27-28-45(15)57(83)56-61(87)71-49(26-2)63(89)73(18)38-54(82)74(19)50(33-39(3)4)60(86)72-55(43(11)12)66(92)75(20)51(34-40(5)6)59(85)69-46(16)58(84)70-47(17)62(88)76(21)52(35-41(7)8)64(90)77(22)53(36-42(9)10)65(91)79(24)68(44(13)14,67(93)78(56)23)94-32-31-80-30-29-48(81)37-80/h25,27,39-53,55-57,81,83H,26,28-38H2,1-24H3,(H,69,85)(H,70,84)(H,71,87)(H,72,86)/b27-25+/t45-,46+,47-,48?,49+,50+,51+,52+,53+,55+,56+,57-,68+/m1/s1. The Morgan fingerprint density at radius 3 is 1.53 bits per heavy atom. The first-order valence-electron chi connectivity index (χ1n) is 34.0. The third-order valence-electron chi connectivity index (χ3n) is 18.3. The number of likely N-dealkylation sites (tertiary alicyclic amines) is 1. The molecule has 0 aliphatic carbocycles. The lowest BCUT2D eigenvalue weighted by Crippen LogP contribution is -2.70. The summed E-state index contributed by atoms with van der Waals surface area (Å²) >= 11 is 0. The van der Waals surface area contributed by atoms with Crippen LogP contribution < -0.4 is 21.3 Å². The number of nitrogens with one attached hydrogen (secondary N) is 4. The molecule has 0 aromatic rings. The number of amides is 11. The number of carbonyl (C=O) groups excluding carboxylic acids is 11. The maximum atomic E-state index is 16.2. The van der Waals surface area contributed by atoms with E-state index in [0.29, 0.717) is 19.5 Å². The fraction of sp³-hybridized carbons (Fsp3) is 0.809. The van der Waals surface area contributed by atoms with Crippen molar-refractivity contribution in [3.8, 4) is 0 Å². The van der Waals surface area contributed by atoms with Crippen molar-refractivity contribution >= 4 is 65.0 Å². The quantitative estimate of drug-likeness (QED) is 0.101. The number of nitrogens with zero attached hydrogens (tertiary/aromatic N) is 8. The molecular weight excluding hydrogens is 1210 g/mol. The minimum Gasteiger partial charge on any atom is -0.392 e. The third kappa shape index (κ3) is 22.4. The Morgan fingerprint density at radius 1 is 0.574 bits per heavy atom. The van der Waals surface area contributed by atoms with E-state index in [0.717, 1.165) is 14.7 Å². The summed E-state index contributed by atoms with van der Waals surface area (Å²) in [7, 11) is 9.76. The highest BCUT2D eigenvalue weighted by atomic mass is 16.5. The maximum absolute atomic E-state index is 16.2. The van der Waals surface area contributed by atoms with E-state index in [4.69, 9.17) is 4.74 Å². The Morgan fingerprint density at radius 2 is 1.05 bits per heavy atom. The normalized spacial score (nSPS) is 28.1.